The third-order valence-electron chi connectivity index (χ3n) is 8.41. The van der Waals surface area contributed by atoms with Crippen LogP contribution in [-0.2, 0) is 0 Å². The first-order valence-electron chi connectivity index (χ1n) is 17.3. The van der Waals surface area contributed by atoms with Crippen molar-refractivity contribution >= 4 is 70.1 Å². The lowest BCUT2D eigenvalue weighted by atomic mass is 10.1. The van der Waals surface area contributed by atoms with E-state index in [2.05, 4.69) is 178 Å². The van der Waals surface area contributed by atoms with Crippen molar-refractivity contribution in [3.05, 3.63) is 217 Å². The minimum Gasteiger partial charge on any atom is -0.311 e. The van der Waals surface area contributed by atoms with E-state index in [1.54, 1.807) is 0 Å². The molecule has 0 aromatic heterocycles. The number of para-hydroxylation sites is 4. The normalized spacial score (nSPS) is 11.5. The summed E-state index contributed by atoms with van der Waals surface area (Å²) in [4.78, 5) is 13.7. The van der Waals surface area contributed by atoms with Gasteiger partial charge in [0.25, 0.3) is 0 Å². The molecule has 4 heteroatoms. The van der Waals surface area contributed by atoms with Crippen LogP contribution in [0.3, 0.4) is 0 Å². The topological polar surface area (TPSA) is 31.2 Å². The third-order valence-corrected chi connectivity index (χ3v) is 8.41. The van der Waals surface area contributed by atoms with Crippen LogP contribution in [0.2, 0.25) is 0 Å². The van der Waals surface area contributed by atoms with E-state index in [0.717, 1.165) is 56.6 Å². The van der Waals surface area contributed by atoms with E-state index < -0.39 is 0 Å². The quantitative estimate of drug-likeness (QED) is 0.121. The molecule has 0 heterocycles. The van der Waals surface area contributed by atoms with Crippen molar-refractivity contribution < 1.29 is 0 Å². The van der Waals surface area contributed by atoms with Gasteiger partial charge in [-0.25, -0.2) is 0 Å². The summed E-state index contributed by atoms with van der Waals surface area (Å²) in [5.74, 6) is 0. The summed E-state index contributed by atoms with van der Waals surface area (Å²) in [5.41, 5.74) is 10.6. The smallest absolute Gasteiger partial charge is 0.0631 e. The van der Waals surface area contributed by atoms with E-state index in [9.17, 15) is 0 Å². The maximum Gasteiger partial charge on any atom is 0.0631 e. The highest BCUT2D eigenvalue weighted by Gasteiger charge is 2.12. The average Bonchev–Trinajstić information content (AvgIpc) is 3.22. The van der Waals surface area contributed by atoms with Crippen LogP contribution in [-0.4, -0.2) is 12.4 Å². The molecule has 7 aromatic carbocycles. The molecule has 0 aliphatic carbocycles. The second-order valence-corrected chi connectivity index (χ2v) is 12.0. The van der Waals surface area contributed by atoms with E-state index in [-0.39, 0.29) is 0 Å². The zero-order valence-electron chi connectivity index (χ0n) is 28.7. The lowest BCUT2D eigenvalue weighted by molar-refractivity contribution is 1.28. The van der Waals surface area contributed by atoms with Crippen LogP contribution in [0.5, 0.6) is 0 Å². The Morgan fingerprint density at radius 1 is 0.288 bits per heavy atom. The van der Waals surface area contributed by atoms with Gasteiger partial charge in [-0.1, -0.05) is 109 Å². The number of benzene rings is 7. The van der Waals surface area contributed by atoms with E-state index in [1.807, 2.05) is 73.1 Å². The predicted molar refractivity (Wildman–Crippen MR) is 223 cm³/mol. The van der Waals surface area contributed by atoms with Crippen molar-refractivity contribution in [1.29, 1.82) is 0 Å². The van der Waals surface area contributed by atoms with Crippen LogP contribution in [0.1, 0.15) is 11.1 Å². The van der Waals surface area contributed by atoms with Gasteiger partial charge in [-0.2, -0.15) is 0 Å². The van der Waals surface area contributed by atoms with Gasteiger partial charge in [0.05, 0.1) is 11.4 Å². The second kappa shape index (κ2) is 17.1. The maximum atomic E-state index is 4.59. The molecule has 0 saturated carbocycles. The van der Waals surface area contributed by atoms with Gasteiger partial charge < -0.3 is 9.80 Å². The van der Waals surface area contributed by atoms with E-state index in [1.165, 1.54) is 0 Å². The molecule has 0 saturated heterocycles. The number of rotatable bonds is 12. The van der Waals surface area contributed by atoms with Gasteiger partial charge in [0.15, 0.2) is 0 Å². The largest absolute Gasteiger partial charge is 0.311 e. The van der Waals surface area contributed by atoms with Crippen LogP contribution in [0.15, 0.2) is 216 Å². The van der Waals surface area contributed by atoms with Crippen molar-refractivity contribution in [2.24, 2.45) is 9.98 Å². The molecule has 0 bridgehead atoms. The summed E-state index contributed by atoms with van der Waals surface area (Å²) < 4.78 is 0. The van der Waals surface area contributed by atoms with Gasteiger partial charge in [0.2, 0.25) is 0 Å². The van der Waals surface area contributed by atoms with Crippen molar-refractivity contribution in [3.8, 4) is 0 Å². The first-order valence-corrected chi connectivity index (χ1v) is 17.3. The first-order chi connectivity index (χ1) is 25.8. The van der Waals surface area contributed by atoms with Gasteiger partial charge in [-0.15, -0.1) is 0 Å². The standard InChI is InChI=1S/C48H38N4/c1-5-17-43(18-6-1)51(44-19-7-2-8-20-44)47-33-25-39(26-34-47)15-13-37-49-41-29-31-42(32-30-41)50-38-14-16-40-27-35-48(36-28-40)52(45-21-9-3-10-22-45)46-23-11-4-12-24-46/h1-38H/b15-13+,16-14+,49-37?,50-38?. The van der Waals surface area contributed by atoms with Gasteiger partial charge >= 0.3 is 0 Å². The monoisotopic (exact) mass is 670 g/mol. The van der Waals surface area contributed by atoms with Gasteiger partial charge in [-0.05, 0) is 120 Å². The van der Waals surface area contributed by atoms with Crippen LogP contribution in [0, 0.1) is 0 Å². The Morgan fingerprint density at radius 2 is 0.558 bits per heavy atom. The number of hydrogen-bond acceptors (Lipinski definition) is 4. The Morgan fingerprint density at radius 3 is 0.846 bits per heavy atom. The molecule has 250 valence electrons. The van der Waals surface area contributed by atoms with E-state index in [0.29, 0.717) is 0 Å². The van der Waals surface area contributed by atoms with Crippen molar-refractivity contribution in [1.82, 2.24) is 0 Å². The number of anilines is 6. The van der Waals surface area contributed by atoms with Crippen molar-refractivity contribution in [3.63, 3.8) is 0 Å². The fraction of sp³-hybridized carbons (Fsp3) is 0. The summed E-state index contributed by atoms with van der Waals surface area (Å²) in [5, 5.41) is 0. The average molecular weight is 671 g/mol. The van der Waals surface area contributed by atoms with Gasteiger partial charge in [0.1, 0.15) is 0 Å². The maximum absolute atomic E-state index is 4.59. The van der Waals surface area contributed by atoms with Gasteiger partial charge in [0, 0.05) is 46.6 Å². The highest BCUT2D eigenvalue weighted by atomic mass is 15.1. The third kappa shape index (κ3) is 8.75. The Bertz CT molecular complexity index is 2000. The summed E-state index contributed by atoms with van der Waals surface area (Å²) in [7, 11) is 0. The molecule has 0 N–H and O–H groups in total. The molecule has 0 aliphatic heterocycles. The molecular formula is C48H38N4. The molecule has 7 aromatic rings. The number of hydrogen-bond donors (Lipinski definition) is 0. The molecular weight excluding hydrogens is 633 g/mol. The Hall–Kier alpha value is -7.04. The van der Waals surface area contributed by atoms with Crippen LogP contribution in [0.25, 0.3) is 12.2 Å². The fourth-order valence-electron chi connectivity index (χ4n) is 5.86. The first kappa shape index (κ1) is 33.5. The summed E-state index contributed by atoms with van der Waals surface area (Å²) >= 11 is 0. The summed E-state index contributed by atoms with van der Waals surface area (Å²) in [6, 6.07) is 66.7. The zero-order chi connectivity index (χ0) is 35.2. The van der Waals surface area contributed by atoms with Crippen molar-refractivity contribution in [2.75, 3.05) is 9.80 Å². The Kier molecular flexibility index (Phi) is 11.0. The molecule has 0 unspecified atom stereocenters. The van der Waals surface area contributed by atoms with E-state index >= 15 is 0 Å². The predicted octanol–water partition coefficient (Wildman–Crippen LogP) is 13.5. The summed E-state index contributed by atoms with van der Waals surface area (Å²) in [6.45, 7) is 0. The molecule has 4 nitrogen and oxygen atoms in total. The van der Waals surface area contributed by atoms with Crippen LogP contribution in [0.4, 0.5) is 45.5 Å². The molecule has 0 aliphatic rings. The Balaban J connectivity index is 0.933. The lowest BCUT2D eigenvalue weighted by Gasteiger charge is -2.25. The molecule has 7 rings (SSSR count). The highest BCUT2D eigenvalue weighted by molar-refractivity contribution is 5.83. The minimum absolute atomic E-state index is 0.871. The molecule has 0 fully saturated rings. The van der Waals surface area contributed by atoms with Gasteiger partial charge in [-0.3, -0.25) is 9.98 Å². The van der Waals surface area contributed by atoms with Crippen LogP contribution < -0.4 is 9.80 Å². The second-order valence-electron chi connectivity index (χ2n) is 12.0. The van der Waals surface area contributed by atoms with E-state index in [4.69, 9.17) is 0 Å². The number of allylic oxidation sites excluding steroid dienone is 2. The SMILES string of the molecule is C(/C=C/c1ccc(N(c2ccccc2)c2ccccc2)cc1)=Nc1ccc(N=C/C=C/c2ccc(N(c3ccccc3)c3ccccc3)cc2)cc1. The Labute approximate surface area is 306 Å². The number of nitrogens with zero attached hydrogens (tertiary/aromatic N) is 4. The lowest BCUT2D eigenvalue weighted by Crippen LogP contribution is -2.09. The summed E-state index contributed by atoms with van der Waals surface area (Å²) in [6.07, 6.45) is 11.7. The van der Waals surface area contributed by atoms with Crippen LogP contribution >= 0.6 is 0 Å². The molecule has 0 radical (unpaired) electrons. The molecule has 0 atom stereocenters. The highest BCUT2D eigenvalue weighted by Crippen LogP contribution is 2.35. The molecule has 0 amide bonds. The zero-order valence-corrected chi connectivity index (χ0v) is 28.7. The van der Waals surface area contributed by atoms with Crippen molar-refractivity contribution in [2.45, 2.75) is 0 Å². The fourth-order valence-corrected chi connectivity index (χ4v) is 5.86. The molecule has 0 spiro atoms. The molecule has 52 heavy (non-hydrogen) atoms. The minimum atomic E-state index is 0.871. The number of aliphatic imine (C=N–C) groups is 2.